The fourth-order valence-corrected chi connectivity index (χ4v) is 8.87. The number of rotatable bonds is 5. The van der Waals surface area contributed by atoms with E-state index in [1.54, 1.807) is 5.57 Å². The highest BCUT2D eigenvalue weighted by molar-refractivity contribution is 5.39. The minimum Gasteiger partial charge on any atom is -0.393 e. The third kappa shape index (κ3) is 3.43. The molecule has 0 aromatic carbocycles. The molecule has 1 N–H and O–H groups in total. The van der Waals surface area contributed by atoms with Crippen molar-refractivity contribution < 1.29 is 5.11 Å². The van der Waals surface area contributed by atoms with Gasteiger partial charge in [-0.05, 0) is 110 Å². The van der Waals surface area contributed by atoms with Crippen LogP contribution in [0.3, 0.4) is 0 Å². The van der Waals surface area contributed by atoms with Gasteiger partial charge in [0, 0.05) is 0 Å². The van der Waals surface area contributed by atoms with E-state index in [0.29, 0.717) is 34.0 Å². The van der Waals surface area contributed by atoms with Crippen LogP contribution in [0.2, 0.25) is 0 Å². The van der Waals surface area contributed by atoms with Gasteiger partial charge >= 0.3 is 0 Å². The summed E-state index contributed by atoms with van der Waals surface area (Å²) in [7, 11) is 0. The molecule has 4 aliphatic carbocycles. The number of hydrogen-bond donors (Lipinski definition) is 1. The molecule has 4 rings (SSSR count). The topological polar surface area (TPSA) is 20.2 Å². The molecular formula is C30H50O. The first kappa shape index (κ1) is 23.6. The average Bonchev–Trinajstić information content (AvgIpc) is 3.00. The molecule has 0 aromatic rings. The van der Waals surface area contributed by atoms with Crippen molar-refractivity contribution in [1.82, 2.24) is 0 Å². The fraction of sp³-hybridized carbons (Fsp3) is 0.867. The lowest BCUT2D eigenvalue weighted by Crippen LogP contribution is -2.51. The van der Waals surface area contributed by atoms with E-state index in [1.165, 1.54) is 57.8 Å². The van der Waals surface area contributed by atoms with Crippen molar-refractivity contribution >= 4 is 0 Å². The number of allylic oxidation sites excluding steroid dienone is 3. The van der Waals surface area contributed by atoms with Crippen LogP contribution < -0.4 is 0 Å². The quantitative estimate of drug-likeness (QED) is 0.438. The molecule has 0 heterocycles. The van der Waals surface area contributed by atoms with E-state index < -0.39 is 0 Å². The van der Waals surface area contributed by atoms with E-state index in [0.717, 1.165) is 18.3 Å². The summed E-state index contributed by atoms with van der Waals surface area (Å²) in [6.45, 7) is 22.0. The lowest BCUT2D eigenvalue weighted by Gasteiger charge is -2.59. The first-order valence-corrected chi connectivity index (χ1v) is 13.5. The summed E-state index contributed by atoms with van der Waals surface area (Å²) in [5.41, 5.74) is 6.31. The van der Waals surface area contributed by atoms with Gasteiger partial charge in [-0.1, -0.05) is 71.8 Å². The average molecular weight is 427 g/mol. The van der Waals surface area contributed by atoms with Crippen LogP contribution in [0.15, 0.2) is 23.3 Å². The molecule has 0 aromatic heterocycles. The first-order chi connectivity index (χ1) is 14.5. The third-order valence-electron chi connectivity index (χ3n) is 11.9. The Morgan fingerprint density at radius 1 is 1.00 bits per heavy atom. The van der Waals surface area contributed by atoms with Crippen LogP contribution in [0.4, 0.5) is 0 Å². The minimum atomic E-state index is -0.0860. The second-order valence-electron chi connectivity index (χ2n) is 13.2. The van der Waals surface area contributed by atoms with Gasteiger partial charge in [-0.3, -0.25) is 0 Å². The predicted molar refractivity (Wildman–Crippen MR) is 133 cm³/mol. The van der Waals surface area contributed by atoms with Gasteiger partial charge in [0.25, 0.3) is 0 Å². The van der Waals surface area contributed by atoms with Gasteiger partial charge in [-0.25, -0.2) is 0 Å². The predicted octanol–water partition coefficient (Wildman–Crippen LogP) is 8.34. The van der Waals surface area contributed by atoms with Crippen LogP contribution in [0.5, 0.6) is 0 Å². The van der Waals surface area contributed by atoms with Crippen molar-refractivity contribution in [2.45, 2.75) is 119 Å². The maximum Gasteiger partial charge on any atom is 0.0569 e. The Morgan fingerprint density at radius 2 is 1.71 bits per heavy atom. The van der Waals surface area contributed by atoms with E-state index >= 15 is 0 Å². The van der Waals surface area contributed by atoms with Crippen molar-refractivity contribution in [3.8, 4) is 0 Å². The smallest absolute Gasteiger partial charge is 0.0569 e. The molecule has 0 aliphatic heterocycles. The number of aliphatic hydroxyl groups is 1. The minimum absolute atomic E-state index is 0.0860. The van der Waals surface area contributed by atoms with Gasteiger partial charge in [-0.15, -0.1) is 0 Å². The Bertz CT molecular complexity index is 746. The molecule has 8 atom stereocenters. The van der Waals surface area contributed by atoms with Crippen LogP contribution in [0, 0.1) is 45.8 Å². The molecule has 0 spiro atoms. The summed E-state index contributed by atoms with van der Waals surface area (Å²) >= 11 is 0. The monoisotopic (exact) mass is 426 g/mol. The first-order valence-electron chi connectivity index (χ1n) is 13.5. The Hall–Kier alpha value is -0.560. The van der Waals surface area contributed by atoms with Crippen molar-refractivity contribution in [3.63, 3.8) is 0 Å². The van der Waals surface area contributed by atoms with E-state index in [9.17, 15) is 5.11 Å². The lowest BCUT2D eigenvalue weighted by molar-refractivity contribution is -0.0382. The number of hydrogen-bond acceptors (Lipinski definition) is 1. The SMILES string of the molecule is C=C(CCC(C)C(C)C)[C@H]1CC[C@@]2(C)C3=C(CC[C@]12C)[C@@]1(C)CC[C@H](O)[C@@H](C)[C@@H]1CC3. The summed E-state index contributed by atoms with van der Waals surface area (Å²) in [6, 6.07) is 0. The van der Waals surface area contributed by atoms with Crippen LogP contribution in [-0.2, 0) is 0 Å². The van der Waals surface area contributed by atoms with Crippen molar-refractivity contribution in [1.29, 1.82) is 0 Å². The van der Waals surface area contributed by atoms with E-state index in [2.05, 4.69) is 48.5 Å². The zero-order chi connectivity index (χ0) is 22.8. The fourth-order valence-electron chi connectivity index (χ4n) is 8.87. The van der Waals surface area contributed by atoms with Crippen LogP contribution >= 0.6 is 0 Å². The normalized spacial score (nSPS) is 45.8. The number of fused-ring (bicyclic) bond motifs is 4. The second-order valence-corrected chi connectivity index (χ2v) is 13.2. The molecule has 0 radical (unpaired) electrons. The Balaban J connectivity index is 1.60. The summed E-state index contributed by atoms with van der Waals surface area (Å²) in [5, 5.41) is 10.6. The van der Waals surface area contributed by atoms with Gasteiger partial charge < -0.3 is 5.11 Å². The second kappa shape index (κ2) is 8.03. The molecule has 2 saturated carbocycles. The molecule has 1 nitrogen and oxygen atoms in total. The summed E-state index contributed by atoms with van der Waals surface area (Å²) in [6.07, 6.45) is 12.5. The van der Waals surface area contributed by atoms with E-state index in [-0.39, 0.29) is 6.10 Å². The molecule has 0 bridgehead atoms. The number of aliphatic hydroxyl groups excluding tert-OH is 1. The van der Waals surface area contributed by atoms with Crippen molar-refractivity contribution in [2.75, 3.05) is 0 Å². The van der Waals surface area contributed by atoms with Crippen molar-refractivity contribution in [3.05, 3.63) is 23.3 Å². The molecule has 2 fully saturated rings. The van der Waals surface area contributed by atoms with E-state index in [4.69, 9.17) is 6.58 Å². The highest BCUT2D eigenvalue weighted by Gasteiger charge is 2.61. The zero-order valence-corrected chi connectivity index (χ0v) is 21.7. The maximum absolute atomic E-state index is 10.6. The Morgan fingerprint density at radius 3 is 2.39 bits per heavy atom. The highest BCUT2D eigenvalue weighted by atomic mass is 16.3. The molecule has 176 valence electrons. The summed E-state index contributed by atoms with van der Waals surface area (Å²) < 4.78 is 0. The van der Waals surface area contributed by atoms with Gasteiger partial charge in [0.15, 0.2) is 0 Å². The van der Waals surface area contributed by atoms with Gasteiger partial charge in [-0.2, -0.15) is 0 Å². The Kier molecular flexibility index (Phi) is 6.11. The Labute approximate surface area is 193 Å². The van der Waals surface area contributed by atoms with Crippen molar-refractivity contribution in [2.24, 2.45) is 45.8 Å². The molecular weight excluding hydrogens is 376 g/mol. The van der Waals surface area contributed by atoms with Gasteiger partial charge in [0.2, 0.25) is 0 Å². The molecule has 4 aliphatic rings. The molecule has 0 amide bonds. The maximum atomic E-state index is 10.6. The largest absolute Gasteiger partial charge is 0.393 e. The third-order valence-corrected chi connectivity index (χ3v) is 11.9. The van der Waals surface area contributed by atoms with Gasteiger partial charge in [0.1, 0.15) is 0 Å². The molecule has 0 saturated heterocycles. The molecule has 1 unspecified atom stereocenters. The molecule has 31 heavy (non-hydrogen) atoms. The zero-order valence-electron chi connectivity index (χ0n) is 21.7. The summed E-state index contributed by atoms with van der Waals surface area (Å²) in [5.74, 6) is 3.38. The van der Waals surface area contributed by atoms with Crippen LogP contribution in [0.1, 0.15) is 113 Å². The highest BCUT2D eigenvalue weighted by Crippen LogP contribution is 2.71. The standard InChI is InChI=1S/C30H50O/c1-19(2)20(3)9-10-21(4)23-13-17-30(8)26-12-11-24-22(5)27(31)15-16-28(24,6)25(26)14-18-29(23,30)7/h19-20,22-24,27,31H,4,9-18H2,1-3,5-8H3/t20?,22-,23+,24-,27-,28-,29+,30-/m0/s1. The van der Waals surface area contributed by atoms with Crippen LogP contribution in [-0.4, -0.2) is 11.2 Å². The summed E-state index contributed by atoms with van der Waals surface area (Å²) in [4.78, 5) is 0. The lowest BCUT2D eigenvalue weighted by atomic mass is 9.45. The van der Waals surface area contributed by atoms with E-state index in [1.807, 2.05) is 11.1 Å². The van der Waals surface area contributed by atoms with Gasteiger partial charge in [0.05, 0.1) is 6.10 Å². The molecule has 1 heteroatoms. The van der Waals surface area contributed by atoms with Crippen LogP contribution in [0.25, 0.3) is 0 Å².